The third-order valence-electron chi connectivity index (χ3n) is 4.79. The number of urea groups is 1. The molecular weight excluding hydrogens is 401 g/mol. The Bertz CT molecular complexity index is 925. The number of hydrogen-bond donors (Lipinski definition) is 1. The molecule has 160 valence electrons. The van der Waals surface area contributed by atoms with E-state index in [2.05, 4.69) is 0 Å². The van der Waals surface area contributed by atoms with Gasteiger partial charge in [0.05, 0.1) is 5.56 Å². The summed E-state index contributed by atoms with van der Waals surface area (Å²) in [6.45, 7) is 4.02. The zero-order chi connectivity index (χ0) is 22.1. The lowest BCUT2D eigenvalue weighted by atomic mass is 10.1. The van der Waals surface area contributed by atoms with Crippen molar-refractivity contribution in [2.75, 3.05) is 18.0 Å². The molecule has 0 unspecified atom stereocenters. The normalized spacial score (nSPS) is 14.9. The Morgan fingerprint density at radius 2 is 1.63 bits per heavy atom. The van der Waals surface area contributed by atoms with Gasteiger partial charge in [0.25, 0.3) is 0 Å². The fourth-order valence-corrected chi connectivity index (χ4v) is 3.02. The summed E-state index contributed by atoms with van der Waals surface area (Å²) in [5, 5.41) is 9.12. The highest BCUT2D eigenvalue weighted by molar-refractivity contribution is 5.94. The molecule has 1 N–H and O–H groups in total. The highest BCUT2D eigenvalue weighted by Crippen LogP contribution is 2.31. The minimum absolute atomic E-state index is 0.290. The molecule has 1 heterocycles. The summed E-state index contributed by atoms with van der Waals surface area (Å²) < 4.78 is 43.6. The Morgan fingerprint density at radius 3 is 2.17 bits per heavy atom. The zero-order valence-electron chi connectivity index (χ0n) is 16.4. The Hall–Kier alpha value is -3.23. The van der Waals surface area contributed by atoms with E-state index in [9.17, 15) is 22.8 Å². The summed E-state index contributed by atoms with van der Waals surface area (Å²) in [4.78, 5) is 26.8. The molecule has 1 aliphatic rings. The molecule has 2 amide bonds. The largest absolute Gasteiger partial charge is 0.478 e. The van der Waals surface area contributed by atoms with Gasteiger partial charge in [-0.2, -0.15) is 13.2 Å². The van der Waals surface area contributed by atoms with Crippen LogP contribution >= 0.6 is 0 Å². The lowest BCUT2D eigenvalue weighted by Crippen LogP contribution is -2.37. The minimum Gasteiger partial charge on any atom is -0.478 e. The fraction of sp³-hybridized carbons (Fsp3) is 0.333. The van der Waals surface area contributed by atoms with E-state index in [0.717, 1.165) is 17.7 Å². The molecular formula is C21H21F3N2O4. The van der Waals surface area contributed by atoms with E-state index < -0.39 is 23.3 Å². The predicted molar refractivity (Wildman–Crippen MR) is 103 cm³/mol. The number of amides is 2. The van der Waals surface area contributed by atoms with Gasteiger partial charge in [0.15, 0.2) is 5.60 Å². The van der Waals surface area contributed by atoms with Gasteiger partial charge in [-0.25, -0.2) is 9.59 Å². The van der Waals surface area contributed by atoms with Crippen LogP contribution in [-0.2, 0) is 17.5 Å². The van der Waals surface area contributed by atoms with Crippen molar-refractivity contribution in [3.63, 3.8) is 0 Å². The van der Waals surface area contributed by atoms with Crippen LogP contribution in [0.2, 0.25) is 0 Å². The number of carbonyl (C=O) groups excluding carboxylic acids is 1. The summed E-state index contributed by atoms with van der Waals surface area (Å²) in [7, 11) is 0. The maximum atomic E-state index is 12.7. The first-order chi connectivity index (χ1) is 14.0. The fourth-order valence-electron chi connectivity index (χ4n) is 3.02. The Morgan fingerprint density at radius 1 is 1.03 bits per heavy atom. The zero-order valence-corrected chi connectivity index (χ0v) is 16.4. The predicted octanol–water partition coefficient (Wildman–Crippen LogP) is 4.39. The van der Waals surface area contributed by atoms with Gasteiger partial charge in [-0.15, -0.1) is 0 Å². The number of carboxylic acid groups (broad SMARTS) is 1. The second kappa shape index (κ2) is 7.89. The number of ether oxygens (including phenoxy) is 1. The van der Waals surface area contributed by atoms with E-state index in [1.54, 1.807) is 29.2 Å². The number of aliphatic carboxylic acids is 1. The van der Waals surface area contributed by atoms with Gasteiger partial charge in [-0.05, 0) is 55.8 Å². The number of alkyl halides is 3. The van der Waals surface area contributed by atoms with E-state index in [1.807, 2.05) is 0 Å². The van der Waals surface area contributed by atoms with E-state index in [4.69, 9.17) is 9.84 Å². The lowest BCUT2D eigenvalue weighted by molar-refractivity contribution is -0.152. The molecule has 1 aliphatic heterocycles. The molecule has 0 atom stereocenters. The van der Waals surface area contributed by atoms with Crippen LogP contribution in [0, 0.1) is 0 Å². The third kappa shape index (κ3) is 4.67. The first-order valence-electron chi connectivity index (χ1n) is 9.22. The number of carbonyl (C=O) groups is 2. The van der Waals surface area contributed by atoms with E-state index in [0.29, 0.717) is 31.1 Å². The van der Waals surface area contributed by atoms with Crippen molar-refractivity contribution >= 4 is 17.7 Å². The third-order valence-corrected chi connectivity index (χ3v) is 4.79. The van der Waals surface area contributed by atoms with Crippen LogP contribution in [0.3, 0.4) is 0 Å². The van der Waals surface area contributed by atoms with Crippen LogP contribution in [0.4, 0.5) is 23.7 Å². The Balaban J connectivity index is 1.63. The van der Waals surface area contributed by atoms with Gasteiger partial charge in [0.1, 0.15) is 5.75 Å². The average Bonchev–Trinajstić information content (AvgIpc) is 3.03. The van der Waals surface area contributed by atoms with Crippen molar-refractivity contribution < 1.29 is 32.6 Å². The quantitative estimate of drug-likeness (QED) is 0.750. The summed E-state index contributed by atoms with van der Waals surface area (Å²) >= 11 is 0. The molecule has 1 fully saturated rings. The van der Waals surface area contributed by atoms with Gasteiger partial charge in [-0.3, -0.25) is 4.90 Å². The van der Waals surface area contributed by atoms with Gasteiger partial charge in [-0.1, -0.05) is 12.1 Å². The molecule has 9 heteroatoms. The van der Waals surface area contributed by atoms with Gasteiger partial charge < -0.3 is 14.7 Å². The minimum atomic E-state index is -4.42. The van der Waals surface area contributed by atoms with Crippen molar-refractivity contribution in [2.24, 2.45) is 0 Å². The molecule has 0 aromatic heterocycles. The Labute approximate surface area is 171 Å². The van der Waals surface area contributed by atoms with E-state index >= 15 is 0 Å². The first-order valence-corrected chi connectivity index (χ1v) is 9.22. The molecule has 0 radical (unpaired) electrons. The number of hydrogen-bond acceptors (Lipinski definition) is 3. The summed E-state index contributed by atoms with van der Waals surface area (Å²) in [6.07, 6.45) is -4.42. The SMILES string of the molecule is CC(C)(Oc1ccc(CN2CCN(c3ccc(C(F)(F)F)cc3)C2=O)cc1)C(=O)O. The second-order valence-electron chi connectivity index (χ2n) is 7.46. The highest BCUT2D eigenvalue weighted by Gasteiger charge is 2.33. The Kier molecular flexibility index (Phi) is 5.65. The smallest absolute Gasteiger partial charge is 0.416 e. The standard InChI is InChI=1S/C21H21F3N2O4/c1-20(2,18(27)28)30-17-9-3-14(4-10-17)13-25-11-12-26(19(25)29)16-7-5-15(6-8-16)21(22,23)24/h3-10H,11-13H2,1-2H3,(H,27,28). The van der Waals surface area contributed by atoms with Crippen molar-refractivity contribution in [1.82, 2.24) is 4.90 Å². The van der Waals surface area contributed by atoms with Crippen LogP contribution in [0.25, 0.3) is 0 Å². The van der Waals surface area contributed by atoms with E-state index in [1.165, 1.54) is 30.9 Å². The number of benzene rings is 2. The van der Waals surface area contributed by atoms with Crippen molar-refractivity contribution in [3.8, 4) is 5.75 Å². The summed E-state index contributed by atoms with van der Waals surface area (Å²) in [5.74, 6) is -0.692. The molecule has 3 rings (SSSR count). The number of rotatable bonds is 6. The topological polar surface area (TPSA) is 70.1 Å². The molecule has 2 aromatic rings. The highest BCUT2D eigenvalue weighted by atomic mass is 19.4. The van der Waals surface area contributed by atoms with Crippen LogP contribution in [0.5, 0.6) is 5.75 Å². The molecule has 6 nitrogen and oxygen atoms in total. The lowest BCUT2D eigenvalue weighted by Gasteiger charge is -2.22. The van der Waals surface area contributed by atoms with Crippen molar-refractivity contribution in [1.29, 1.82) is 0 Å². The average molecular weight is 422 g/mol. The number of carboxylic acids is 1. The number of nitrogens with zero attached hydrogens (tertiary/aromatic N) is 2. The molecule has 0 bridgehead atoms. The molecule has 30 heavy (non-hydrogen) atoms. The maximum Gasteiger partial charge on any atom is 0.416 e. The van der Waals surface area contributed by atoms with Gasteiger partial charge in [0.2, 0.25) is 0 Å². The maximum absolute atomic E-state index is 12.7. The molecule has 0 saturated carbocycles. The monoisotopic (exact) mass is 422 g/mol. The van der Waals surface area contributed by atoms with Crippen LogP contribution in [-0.4, -0.2) is 40.7 Å². The molecule has 2 aromatic carbocycles. The second-order valence-corrected chi connectivity index (χ2v) is 7.46. The van der Waals surface area contributed by atoms with Crippen LogP contribution < -0.4 is 9.64 Å². The number of anilines is 1. The summed E-state index contributed by atoms with van der Waals surface area (Å²) in [5.41, 5.74) is -0.898. The van der Waals surface area contributed by atoms with Crippen LogP contribution in [0.1, 0.15) is 25.0 Å². The number of halogens is 3. The first kappa shape index (κ1) is 21.5. The van der Waals surface area contributed by atoms with Gasteiger partial charge >= 0.3 is 18.2 Å². The molecule has 1 saturated heterocycles. The van der Waals surface area contributed by atoms with E-state index in [-0.39, 0.29) is 6.03 Å². The van der Waals surface area contributed by atoms with Crippen molar-refractivity contribution in [2.45, 2.75) is 32.2 Å². The van der Waals surface area contributed by atoms with Crippen molar-refractivity contribution in [3.05, 3.63) is 59.7 Å². The summed E-state index contributed by atoms with van der Waals surface area (Å²) in [6, 6.07) is 11.0. The molecule has 0 spiro atoms. The molecule has 0 aliphatic carbocycles. The van der Waals surface area contributed by atoms with Gasteiger partial charge in [0, 0.05) is 25.3 Å². The van der Waals surface area contributed by atoms with Crippen LogP contribution in [0.15, 0.2) is 48.5 Å².